The Bertz CT molecular complexity index is 939. The van der Waals surface area contributed by atoms with Gasteiger partial charge in [0.15, 0.2) is 0 Å². The molecule has 2 aromatic rings. The van der Waals surface area contributed by atoms with Crippen LogP contribution < -0.4 is 14.8 Å². The first-order chi connectivity index (χ1) is 18.0. The first-order valence-electron chi connectivity index (χ1n) is 13.8. The minimum Gasteiger partial charge on any atom is -0.493 e. The van der Waals surface area contributed by atoms with E-state index in [1.165, 1.54) is 11.1 Å². The number of benzene rings is 2. The zero-order valence-electron chi connectivity index (χ0n) is 23.3. The van der Waals surface area contributed by atoms with Gasteiger partial charge in [-0.1, -0.05) is 24.3 Å². The number of likely N-dealkylation sites (N-methyl/N-ethyl adjacent to an activating group) is 2. The van der Waals surface area contributed by atoms with E-state index in [2.05, 4.69) is 72.4 Å². The summed E-state index contributed by atoms with van der Waals surface area (Å²) in [5.41, 5.74) is 4.67. The number of nitrogens with one attached hydrogen (secondary N) is 1. The summed E-state index contributed by atoms with van der Waals surface area (Å²) in [5, 5.41) is 12.8. The van der Waals surface area contributed by atoms with E-state index in [4.69, 9.17) is 14.2 Å². The molecule has 206 valence electrons. The van der Waals surface area contributed by atoms with E-state index in [9.17, 15) is 5.11 Å². The summed E-state index contributed by atoms with van der Waals surface area (Å²) < 4.78 is 18.0. The van der Waals surface area contributed by atoms with E-state index in [0.717, 1.165) is 94.4 Å². The lowest BCUT2D eigenvalue weighted by Crippen LogP contribution is -2.26. The standard InChI is InChI=1S/C30H47N3O4/c1-24-27(9-5-11-29(24)36-19-7-15-32(4)18-22-35-21-14-31-3)28-10-6-12-30(25(28)2)37-20-8-16-33-17-13-26(34)23-33/h5-6,9-12,26,31,34H,7-8,13-23H2,1-4H3. The minimum absolute atomic E-state index is 0.164. The van der Waals surface area contributed by atoms with Crippen LogP contribution in [0, 0.1) is 13.8 Å². The van der Waals surface area contributed by atoms with Crippen LogP contribution in [0.25, 0.3) is 11.1 Å². The van der Waals surface area contributed by atoms with Crippen molar-refractivity contribution in [2.45, 2.75) is 39.2 Å². The fourth-order valence-corrected chi connectivity index (χ4v) is 4.74. The highest BCUT2D eigenvalue weighted by molar-refractivity contribution is 5.74. The molecule has 1 fully saturated rings. The number of likely N-dealkylation sites (tertiary alicyclic amines) is 1. The van der Waals surface area contributed by atoms with Gasteiger partial charge in [-0.3, -0.25) is 0 Å². The van der Waals surface area contributed by atoms with Crippen LogP contribution in [0.2, 0.25) is 0 Å². The minimum atomic E-state index is -0.164. The van der Waals surface area contributed by atoms with Gasteiger partial charge < -0.3 is 34.4 Å². The maximum Gasteiger partial charge on any atom is 0.122 e. The van der Waals surface area contributed by atoms with Crippen LogP contribution in [0.4, 0.5) is 0 Å². The number of aliphatic hydroxyl groups is 1. The van der Waals surface area contributed by atoms with Gasteiger partial charge >= 0.3 is 0 Å². The van der Waals surface area contributed by atoms with Crippen LogP contribution in [-0.2, 0) is 4.74 Å². The van der Waals surface area contributed by atoms with Gasteiger partial charge in [0.05, 0.1) is 32.5 Å². The van der Waals surface area contributed by atoms with E-state index >= 15 is 0 Å². The summed E-state index contributed by atoms with van der Waals surface area (Å²) in [6, 6.07) is 12.6. The van der Waals surface area contributed by atoms with Gasteiger partial charge in [-0.2, -0.15) is 0 Å². The lowest BCUT2D eigenvalue weighted by molar-refractivity contribution is 0.112. The third-order valence-electron chi connectivity index (χ3n) is 7.04. The van der Waals surface area contributed by atoms with E-state index < -0.39 is 0 Å². The lowest BCUT2D eigenvalue weighted by Gasteiger charge is -2.19. The fourth-order valence-electron chi connectivity index (χ4n) is 4.74. The predicted molar refractivity (Wildman–Crippen MR) is 151 cm³/mol. The molecule has 1 aliphatic heterocycles. The molecule has 0 bridgehead atoms. The SMILES string of the molecule is CNCCOCCN(C)CCCOc1cccc(-c2cccc(OCCCN3CCC(O)C3)c2C)c1C. The highest BCUT2D eigenvalue weighted by atomic mass is 16.5. The molecule has 0 aromatic heterocycles. The first kappa shape index (κ1) is 29.4. The molecule has 1 unspecified atom stereocenters. The second-order valence-corrected chi connectivity index (χ2v) is 10.0. The third kappa shape index (κ3) is 9.58. The molecule has 37 heavy (non-hydrogen) atoms. The third-order valence-corrected chi connectivity index (χ3v) is 7.04. The van der Waals surface area contributed by atoms with Gasteiger partial charge in [0.25, 0.3) is 0 Å². The maximum absolute atomic E-state index is 9.69. The smallest absolute Gasteiger partial charge is 0.122 e. The second-order valence-electron chi connectivity index (χ2n) is 10.0. The first-order valence-corrected chi connectivity index (χ1v) is 13.8. The normalized spacial score (nSPS) is 16.0. The highest BCUT2D eigenvalue weighted by Crippen LogP contribution is 2.35. The molecule has 1 atom stereocenters. The van der Waals surface area contributed by atoms with Crippen LogP contribution in [0.1, 0.15) is 30.4 Å². The van der Waals surface area contributed by atoms with Gasteiger partial charge in [-0.15, -0.1) is 0 Å². The number of ether oxygens (including phenoxy) is 3. The van der Waals surface area contributed by atoms with Crippen molar-refractivity contribution in [2.75, 3.05) is 79.8 Å². The Balaban J connectivity index is 1.48. The number of β-amino-alcohol motifs (C(OH)–C–C–N with tert-alkyl or cyclic N) is 1. The van der Waals surface area contributed by atoms with Gasteiger partial charge in [0.1, 0.15) is 11.5 Å². The van der Waals surface area contributed by atoms with Gasteiger partial charge in [-0.05, 0) is 81.6 Å². The van der Waals surface area contributed by atoms with Crippen molar-refractivity contribution in [3.05, 3.63) is 47.5 Å². The molecule has 1 heterocycles. The molecule has 2 aromatic carbocycles. The molecule has 0 spiro atoms. The Morgan fingerprint density at radius 3 is 2.16 bits per heavy atom. The molecular weight excluding hydrogens is 466 g/mol. The van der Waals surface area contributed by atoms with Crippen LogP contribution in [0.15, 0.2) is 36.4 Å². The molecule has 0 aliphatic carbocycles. The Kier molecular flexibility index (Phi) is 12.7. The molecular formula is C30H47N3O4. The van der Waals surface area contributed by atoms with Crippen LogP contribution in [-0.4, -0.2) is 101 Å². The number of rotatable bonds is 17. The molecule has 7 nitrogen and oxygen atoms in total. The quantitative estimate of drug-likeness (QED) is 0.312. The number of hydrogen-bond donors (Lipinski definition) is 2. The highest BCUT2D eigenvalue weighted by Gasteiger charge is 2.19. The molecule has 0 radical (unpaired) electrons. The fraction of sp³-hybridized carbons (Fsp3) is 0.600. The molecule has 1 aliphatic rings. The van der Waals surface area contributed by atoms with Crippen molar-refractivity contribution in [3.8, 4) is 22.6 Å². The Morgan fingerprint density at radius 1 is 0.919 bits per heavy atom. The zero-order chi connectivity index (χ0) is 26.5. The Morgan fingerprint density at radius 2 is 1.57 bits per heavy atom. The van der Waals surface area contributed by atoms with E-state index in [-0.39, 0.29) is 6.10 Å². The largest absolute Gasteiger partial charge is 0.493 e. The van der Waals surface area contributed by atoms with E-state index in [0.29, 0.717) is 13.2 Å². The van der Waals surface area contributed by atoms with Gasteiger partial charge in [-0.25, -0.2) is 0 Å². The van der Waals surface area contributed by atoms with Crippen molar-refractivity contribution in [1.82, 2.24) is 15.1 Å². The summed E-state index contributed by atoms with van der Waals surface area (Å²) in [7, 11) is 4.06. The van der Waals surface area contributed by atoms with Crippen molar-refractivity contribution in [1.29, 1.82) is 0 Å². The van der Waals surface area contributed by atoms with Crippen LogP contribution in [0.5, 0.6) is 11.5 Å². The average Bonchev–Trinajstić information content (AvgIpc) is 3.31. The van der Waals surface area contributed by atoms with Crippen molar-refractivity contribution >= 4 is 0 Å². The molecule has 0 saturated carbocycles. The molecule has 7 heteroatoms. The van der Waals surface area contributed by atoms with Crippen LogP contribution >= 0.6 is 0 Å². The Hall–Kier alpha value is -2.16. The van der Waals surface area contributed by atoms with Crippen molar-refractivity contribution in [3.63, 3.8) is 0 Å². The summed E-state index contributed by atoms with van der Waals surface area (Å²) in [5.74, 6) is 1.87. The summed E-state index contributed by atoms with van der Waals surface area (Å²) in [6.07, 6.45) is 2.64. The number of hydrogen-bond acceptors (Lipinski definition) is 7. The molecule has 0 amide bonds. The number of aliphatic hydroxyl groups excluding tert-OH is 1. The topological polar surface area (TPSA) is 66.4 Å². The summed E-state index contributed by atoms with van der Waals surface area (Å²) in [6.45, 7) is 12.7. The van der Waals surface area contributed by atoms with Crippen molar-refractivity contribution < 1.29 is 19.3 Å². The van der Waals surface area contributed by atoms with Gasteiger partial charge in [0.2, 0.25) is 0 Å². The second kappa shape index (κ2) is 15.9. The monoisotopic (exact) mass is 513 g/mol. The van der Waals surface area contributed by atoms with E-state index in [1.54, 1.807) is 0 Å². The average molecular weight is 514 g/mol. The molecule has 3 rings (SSSR count). The van der Waals surface area contributed by atoms with Gasteiger partial charge in [0, 0.05) is 39.3 Å². The number of nitrogens with zero attached hydrogens (tertiary/aromatic N) is 2. The zero-order valence-corrected chi connectivity index (χ0v) is 23.3. The summed E-state index contributed by atoms with van der Waals surface area (Å²) in [4.78, 5) is 4.60. The maximum atomic E-state index is 9.69. The van der Waals surface area contributed by atoms with Crippen molar-refractivity contribution in [2.24, 2.45) is 0 Å². The predicted octanol–water partition coefficient (Wildman–Crippen LogP) is 3.74. The lowest BCUT2D eigenvalue weighted by atomic mass is 9.95. The van der Waals surface area contributed by atoms with Crippen LogP contribution in [0.3, 0.4) is 0 Å². The molecule has 2 N–H and O–H groups in total. The summed E-state index contributed by atoms with van der Waals surface area (Å²) >= 11 is 0. The Labute approximate surface area is 223 Å². The van der Waals surface area contributed by atoms with E-state index in [1.807, 2.05) is 7.05 Å². The molecule has 1 saturated heterocycles.